The van der Waals surface area contributed by atoms with Gasteiger partial charge in [0.2, 0.25) is 0 Å². The molecule has 178 valence electrons. The zero-order valence-electron chi connectivity index (χ0n) is 19.6. The van der Waals surface area contributed by atoms with Crippen molar-refractivity contribution in [1.29, 1.82) is 0 Å². The number of benzene rings is 3. The van der Waals surface area contributed by atoms with Crippen LogP contribution in [0.25, 0.3) is 32.9 Å². The molecule has 0 saturated carbocycles. The van der Waals surface area contributed by atoms with Gasteiger partial charge in [-0.1, -0.05) is 40.2 Å². The minimum absolute atomic E-state index is 0.0616. The standard InChI is InChI=1S/C28H21BrN4O3/c1-14-18(4-3-5-23(14)33-13-15-6-8-17(36-2)11-20(15)28(33)35)21-12-31-26(27(30)34)25-24(21)19-9-7-16(29)10-22(19)32-25/h3-12,32H,13H2,1-2H3,(H2,30,34). The first-order chi connectivity index (χ1) is 17.4. The fourth-order valence-electron chi connectivity index (χ4n) is 5.09. The highest BCUT2D eigenvalue weighted by Crippen LogP contribution is 2.41. The number of nitrogens with zero attached hydrogens (tertiary/aromatic N) is 2. The quantitative estimate of drug-likeness (QED) is 0.304. The lowest BCUT2D eigenvalue weighted by Crippen LogP contribution is -2.24. The van der Waals surface area contributed by atoms with Gasteiger partial charge < -0.3 is 20.4 Å². The number of H-pyrrole nitrogens is 1. The number of methoxy groups -OCH3 is 1. The second-order valence-electron chi connectivity index (χ2n) is 8.81. The molecule has 3 heterocycles. The molecule has 5 aromatic rings. The van der Waals surface area contributed by atoms with E-state index in [9.17, 15) is 9.59 Å². The summed E-state index contributed by atoms with van der Waals surface area (Å²) < 4.78 is 6.23. The van der Waals surface area contributed by atoms with Crippen molar-refractivity contribution in [3.63, 3.8) is 0 Å². The summed E-state index contributed by atoms with van der Waals surface area (Å²) in [6.45, 7) is 2.48. The number of primary amides is 1. The molecule has 0 unspecified atom stereocenters. The molecule has 0 fully saturated rings. The van der Waals surface area contributed by atoms with Crippen LogP contribution in [-0.4, -0.2) is 28.9 Å². The zero-order valence-corrected chi connectivity index (χ0v) is 21.1. The maximum atomic E-state index is 13.4. The van der Waals surface area contributed by atoms with Crippen LogP contribution in [0.2, 0.25) is 0 Å². The number of fused-ring (bicyclic) bond motifs is 4. The van der Waals surface area contributed by atoms with Crippen LogP contribution in [-0.2, 0) is 6.54 Å². The van der Waals surface area contributed by atoms with Crippen LogP contribution in [0.5, 0.6) is 5.75 Å². The minimum Gasteiger partial charge on any atom is -0.497 e. The molecule has 1 aliphatic heterocycles. The molecule has 2 aromatic heterocycles. The Morgan fingerprint density at radius 2 is 1.94 bits per heavy atom. The van der Waals surface area contributed by atoms with Gasteiger partial charge in [-0.05, 0) is 53.9 Å². The van der Waals surface area contributed by atoms with Crippen LogP contribution in [0.4, 0.5) is 5.69 Å². The predicted octanol–water partition coefficient (Wildman–Crippen LogP) is 5.72. The van der Waals surface area contributed by atoms with Crippen LogP contribution < -0.4 is 15.4 Å². The summed E-state index contributed by atoms with van der Waals surface area (Å²) in [4.78, 5) is 35.1. The fraction of sp³-hybridized carbons (Fsp3) is 0.107. The maximum absolute atomic E-state index is 13.4. The number of halogens is 1. The fourth-order valence-corrected chi connectivity index (χ4v) is 5.45. The molecule has 3 N–H and O–H groups in total. The molecule has 0 spiro atoms. The summed E-state index contributed by atoms with van der Waals surface area (Å²) in [6.07, 6.45) is 1.69. The van der Waals surface area contributed by atoms with Gasteiger partial charge in [0.1, 0.15) is 5.75 Å². The Balaban J connectivity index is 1.54. The molecule has 1 aliphatic rings. The number of hydrogen-bond donors (Lipinski definition) is 2. The number of rotatable bonds is 4. The van der Waals surface area contributed by atoms with Crippen molar-refractivity contribution in [2.24, 2.45) is 5.73 Å². The van der Waals surface area contributed by atoms with Crippen molar-refractivity contribution in [2.75, 3.05) is 12.0 Å². The van der Waals surface area contributed by atoms with Crippen molar-refractivity contribution < 1.29 is 14.3 Å². The van der Waals surface area contributed by atoms with Gasteiger partial charge in [0.15, 0.2) is 5.69 Å². The summed E-state index contributed by atoms with van der Waals surface area (Å²) >= 11 is 3.51. The number of hydrogen-bond acceptors (Lipinski definition) is 4. The first-order valence-corrected chi connectivity index (χ1v) is 12.1. The van der Waals surface area contributed by atoms with E-state index < -0.39 is 5.91 Å². The highest BCUT2D eigenvalue weighted by molar-refractivity contribution is 9.10. The second kappa shape index (κ2) is 8.20. The third-order valence-corrected chi connectivity index (χ3v) is 7.32. The third-order valence-electron chi connectivity index (χ3n) is 6.83. The van der Waals surface area contributed by atoms with Crippen LogP contribution in [0, 0.1) is 6.92 Å². The van der Waals surface area contributed by atoms with E-state index in [1.54, 1.807) is 24.3 Å². The molecule has 0 radical (unpaired) electrons. The number of amides is 2. The largest absolute Gasteiger partial charge is 0.497 e. The molecule has 36 heavy (non-hydrogen) atoms. The highest BCUT2D eigenvalue weighted by atomic mass is 79.9. The van der Waals surface area contributed by atoms with E-state index in [0.717, 1.165) is 48.7 Å². The van der Waals surface area contributed by atoms with Crippen LogP contribution in [0.1, 0.15) is 32.0 Å². The number of carbonyl (C=O) groups is 2. The first-order valence-electron chi connectivity index (χ1n) is 11.4. The lowest BCUT2D eigenvalue weighted by atomic mass is 9.95. The van der Waals surface area contributed by atoms with Gasteiger partial charge in [-0.2, -0.15) is 0 Å². The van der Waals surface area contributed by atoms with Gasteiger partial charge in [0.05, 0.1) is 19.2 Å². The number of carbonyl (C=O) groups excluding carboxylic acids is 2. The molecule has 0 aliphatic carbocycles. The summed E-state index contributed by atoms with van der Waals surface area (Å²) in [5.41, 5.74) is 12.4. The van der Waals surface area contributed by atoms with Crippen molar-refractivity contribution in [3.05, 3.63) is 87.7 Å². The average Bonchev–Trinajstić information content (AvgIpc) is 3.40. The Morgan fingerprint density at radius 1 is 1.11 bits per heavy atom. The number of nitrogens with two attached hydrogens (primary N) is 1. The lowest BCUT2D eigenvalue weighted by Gasteiger charge is -2.21. The Morgan fingerprint density at radius 3 is 2.72 bits per heavy atom. The molecule has 0 saturated heterocycles. The predicted molar refractivity (Wildman–Crippen MR) is 143 cm³/mol. The minimum atomic E-state index is -0.599. The molecular weight excluding hydrogens is 520 g/mol. The van der Waals surface area contributed by atoms with Gasteiger partial charge in [-0.3, -0.25) is 9.59 Å². The highest BCUT2D eigenvalue weighted by Gasteiger charge is 2.30. The van der Waals surface area contributed by atoms with E-state index in [4.69, 9.17) is 10.5 Å². The molecule has 6 rings (SSSR count). The van der Waals surface area contributed by atoms with Crippen molar-refractivity contribution in [2.45, 2.75) is 13.5 Å². The van der Waals surface area contributed by atoms with Crippen molar-refractivity contribution >= 4 is 55.2 Å². The molecule has 3 aromatic carbocycles. The van der Waals surface area contributed by atoms with E-state index in [1.807, 2.05) is 55.5 Å². The Bertz CT molecular complexity index is 1740. The molecule has 2 amide bonds. The lowest BCUT2D eigenvalue weighted by molar-refractivity contribution is 0.0988. The van der Waals surface area contributed by atoms with Crippen molar-refractivity contribution in [3.8, 4) is 16.9 Å². The zero-order chi connectivity index (χ0) is 25.1. The number of pyridine rings is 1. The van der Waals surface area contributed by atoms with Gasteiger partial charge in [-0.15, -0.1) is 0 Å². The number of aromatic nitrogens is 2. The number of anilines is 1. The van der Waals surface area contributed by atoms with Gasteiger partial charge in [0, 0.05) is 43.8 Å². The second-order valence-corrected chi connectivity index (χ2v) is 9.73. The maximum Gasteiger partial charge on any atom is 0.269 e. The summed E-state index contributed by atoms with van der Waals surface area (Å²) in [5, 5.41) is 1.82. The third kappa shape index (κ3) is 3.29. The first kappa shape index (κ1) is 22.3. The van der Waals surface area contributed by atoms with E-state index in [1.165, 1.54) is 0 Å². The molecular formula is C28H21BrN4O3. The van der Waals surface area contributed by atoms with E-state index >= 15 is 0 Å². The van der Waals surface area contributed by atoms with Gasteiger partial charge in [-0.25, -0.2) is 4.98 Å². The average molecular weight is 541 g/mol. The molecule has 0 bridgehead atoms. The van der Waals surface area contributed by atoms with Gasteiger partial charge >= 0.3 is 0 Å². The van der Waals surface area contributed by atoms with E-state index in [0.29, 0.717) is 23.4 Å². The smallest absolute Gasteiger partial charge is 0.269 e. The number of ether oxygens (including phenoxy) is 1. The SMILES string of the molecule is COc1ccc2c(c1)C(=O)N(c1cccc(-c3cnc(C(N)=O)c4[nH]c5cc(Br)ccc5c34)c1C)C2. The summed E-state index contributed by atoms with van der Waals surface area (Å²) in [6, 6.07) is 17.4. The number of nitrogens with one attached hydrogen (secondary N) is 1. The van der Waals surface area contributed by atoms with Gasteiger partial charge in [0.25, 0.3) is 11.8 Å². The molecule has 8 heteroatoms. The van der Waals surface area contributed by atoms with E-state index in [2.05, 4.69) is 25.9 Å². The topological polar surface area (TPSA) is 101 Å². The molecule has 7 nitrogen and oxygen atoms in total. The number of aromatic amines is 1. The summed E-state index contributed by atoms with van der Waals surface area (Å²) in [7, 11) is 1.59. The Hall–Kier alpha value is -4.17. The molecule has 0 atom stereocenters. The van der Waals surface area contributed by atoms with Crippen LogP contribution >= 0.6 is 15.9 Å². The normalized spacial score (nSPS) is 13.0. The van der Waals surface area contributed by atoms with Crippen LogP contribution in [0.3, 0.4) is 0 Å². The monoisotopic (exact) mass is 540 g/mol. The Labute approximate surface area is 215 Å². The summed E-state index contributed by atoms with van der Waals surface area (Å²) in [5.74, 6) is -0.00431. The van der Waals surface area contributed by atoms with E-state index in [-0.39, 0.29) is 11.6 Å². The van der Waals surface area contributed by atoms with Crippen LogP contribution in [0.15, 0.2) is 65.3 Å². The van der Waals surface area contributed by atoms with Crippen molar-refractivity contribution in [1.82, 2.24) is 9.97 Å². The Kier molecular flexibility index (Phi) is 5.08.